The second kappa shape index (κ2) is 6.21. The number of hydrogen-bond donors (Lipinski definition) is 1. The zero-order chi connectivity index (χ0) is 15.7. The molecule has 1 aromatic rings. The minimum atomic E-state index is -0.372. The van der Waals surface area contributed by atoms with Crippen LogP contribution in [0.1, 0.15) is 64.9 Å². The monoisotopic (exact) mass is 355 g/mol. The van der Waals surface area contributed by atoms with E-state index in [1.165, 1.54) is 0 Å². The van der Waals surface area contributed by atoms with E-state index in [-0.39, 0.29) is 5.60 Å². The van der Waals surface area contributed by atoms with Crippen LogP contribution in [0.4, 0.5) is 5.82 Å². The number of rotatable bonds is 4. The third-order valence-electron chi connectivity index (χ3n) is 4.52. The number of nitrogens with zero attached hydrogens (tertiary/aromatic N) is 2. The van der Waals surface area contributed by atoms with E-state index in [0.29, 0.717) is 17.8 Å². The summed E-state index contributed by atoms with van der Waals surface area (Å²) in [4.78, 5) is 9.29. The number of nitrogens with two attached hydrogens (primary N) is 1. The van der Waals surface area contributed by atoms with E-state index in [2.05, 4.69) is 41.7 Å². The molecule has 0 bridgehead atoms. The summed E-state index contributed by atoms with van der Waals surface area (Å²) < 4.78 is 6.96. The van der Waals surface area contributed by atoms with Gasteiger partial charge in [0.15, 0.2) is 5.82 Å². The summed E-state index contributed by atoms with van der Waals surface area (Å²) in [7, 11) is 0. The number of aryl methyl sites for hydroxylation is 1. The third-order valence-corrected chi connectivity index (χ3v) is 5.38. The SMILES string of the molecule is CCOC1(c2nc(N)c(Br)c(CC)n2)CCC(C)(C)CC1. The van der Waals surface area contributed by atoms with E-state index >= 15 is 0 Å². The Kier molecular flexibility index (Phi) is 4.93. The summed E-state index contributed by atoms with van der Waals surface area (Å²) >= 11 is 3.48. The number of nitrogen functional groups attached to an aromatic ring is 1. The first kappa shape index (κ1) is 16.7. The minimum Gasteiger partial charge on any atom is -0.383 e. The van der Waals surface area contributed by atoms with Crippen LogP contribution in [0, 0.1) is 5.41 Å². The van der Waals surface area contributed by atoms with Crippen LogP contribution in [-0.4, -0.2) is 16.6 Å². The molecule has 1 heterocycles. The van der Waals surface area contributed by atoms with E-state index in [4.69, 9.17) is 15.5 Å². The zero-order valence-electron chi connectivity index (χ0n) is 13.5. The first-order chi connectivity index (χ1) is 9.83. The van der Waals surface area contributed by atoms with Crippen LogP contribution in [0.2, 0.25) is 0 Å². The molecule has 2 N–H and O–H groups in total. The van der Waals surface area contributed by atoms with Crippen molar-refractivity contribution in [3.05, 3.63) is 16.0 Å². The molecule has 0 aliphatic heterocycles. The predicted molar refractivity (Wildman–Crippen MR) is 89.1 cm³/mol. The molecule has 1 saturated carbocycles. The molecule has 1 aliphatic rings. The summed E-state index contributed by atoms with van der Waals surface area (Å²) in [5.41, 5.74) is 7.02. The topological polar surface area (TPSA) is 61.0 Å². The van der Waals surface area contributed by atoms with Crippen molar-refractivity contribution >= 4 is 21.7 Å². The lowest BCUT2D eigenvalue weighted by Crippen LogP contribution is -2.39. The molecule has 0 aromatic carbocycles. The van der Waals surface area contributed by atoms with Crippen LogP contribution in [0.25, 0.3) is 0 Å². The second-order valence-corrected chi connectivity index (χ2v) is 7.43. The molecule has 0 radical (unpaired) electrons. The van der Waals surface area contributed by atoms with Gasteiger partial charge in [0.05, 0.1) is 10.2 Å². The molecule has 0 amide bonds. The lowest BCUT2D eigenvalue weighted by atomic mass is 9.70. The van der Waals surface area contributed by atoms with Gasteiger partial charge in [-0.05, 0) is 60.4 Å². The van der Waals surface area contributed by atoms with E-state index < -0.39 is 0 Å². The average Bonchev–Trinajstić information content (AvgIpc) is 2.44. The van der Waals surface area contributed by atoms with Gasteiger partial charge < -0.3 is 10.5 Å². The fraction of sp³-hybridized carbons (Fsp3) is 0.750. The molecule has 5 heteroatoms. The maximum absolute atomic E-state index is 6.15. The van der Waals surface area contributed by atoms with E-state index in [9.17, 15) is 0 Å². The Balaban J connectivity index is 2.41. The van der Waals surface area contributed by atoms with Crippen LogP contribution in [0.3, 0.4) is 0 Å². The molecule has 0 atom stereocenters. The van der Waals surface area contributed by atoms with Crippen LogP contribution in [0.5, 0.6) is 0 Å². The van der Waals surface area contributed by atoms with Crippen molar-refractivity contribution in [1.82, 2.24) is 9.97 Å². The van der Waals surface area contributed by atoms with Crippen molar-refractivity contribution in [3.8, 4) is 0 Å². The number of ether oxygens (including phenoxy) is 1. The largest absolute Gasteiger partial charge is 0.383 e. The van der Waals surface area contributed by atoms with Crippen molar-refractivity contribution in [3.63, 3.8) is 0 Å². The molecule has 1 fully saturated rings. The molecule has 4 nitrogen and oxygen atoms in total. The van der Waals surface area contributed by atoms with Gasteiger partial charge in [-0.1, -0.05) is 20.8 Å². The highest BCUT2D eigenvalue weighted by Gasteiger charge is 2.43. The summed E-state index contributed by atoms with van der Waals surface area (Å²) in [6, 6.07) is 0. The Morgan fingerprint density at radius 3 is 2.29 bits per heavy atom. The van der Waals surface area contributed by atoms with Gasteiger partial charge in [-0.25, -0.2) is 9.97 Å². The Hall–Kier alpha value is -0.680. The molecule has 21 heavy (non-hydrogen) atoms. The highest BCUT2D eigenvalue weighted by atomic mass is 79.9. The molecule has 0 saturated heterocycles. The van der Waals surface area contributed by atoms with E-state index in [1.54, 1.807) is 0 Å². The third kappa shape index (κ3) is 3.39. The molecule has 1 aliphatic carbocycles. The quantitative estimate of drug-likeness (QED) is 0.878. The Morgan fingerprint density at radius 1 is 1.14 bits per heavy atom. The molecular weight excluding hydrogens is 330 g/mol. The summed E-state index contributed by atoms with van der Waals surface area (Å²) in [5.74, 6) is 1.28. The molecular formula is C16H26BrN3O. The maximum atomic E-state index is 6.15. The highest BCUT2D eigenvalue weighted by molar-refractivity contribution is 9.10. The Labute approximate surface area is 136 Å². The van der Waals surface area contributed by atoms with Crippen LogP contribution < -0.4 is 5.73 Å². The number of halogens is 1. The highest BCUT2D eigenvalue weighted by Crippen LogP contribution is 2.46. The number of anilines is 1. The normalized spacial score (nSPS) is 20.4. The van der Waals surface area contributed by atoms with Crippen molar-refractivity contribution in [1.29, 1.82) is 0 Å². The second-order valence-electron chi connectivity index (χ2n) is 6.64. The van der Waals surface area contributed by atoms with Crippen LogP contribution >= 0.6 is 15.9 Å². The van der Waals surface area contributed by atoms with Gasteiger partial charge in [0.25, 0.3) is 0 Å². The van der Waals surface area contributed by atoms with E-state index in [0.717, 1.165) is 48.1 Å². The Bertz CT molecular complexity index is 506. The summed E-state index contributed by atoms with van der Waals surface area (Å²) in [6.07, 6.45) is 4.98. The molecule has 0 unspecified atom stereocenters. The first-order valence-corrected chi connectivity index (χ1v) is 8.59. The zero-order valence-corrected chi connectivity index (χ0v) is 15.1. The van der Waals surface area contributed by atoms with Gasteiger partial charge in [-0.3, -0.25) is 0 Å². The molecule has 0 spiro atoms. The van der Waals surface area contributed by atoms with Gasteiger partial charge in [0.2, 0.25) is 0 Å². The minimum absolute atomic E-state index is 0.370. The fourth-order valence-electron chi connectivity index (χ4n) is 2.99. The Morgan fingerprint density at radius 2 is 1.76 bits per heavy atom. The lowest BCUT2D eigenvalue weighted by Gasteiger charge is -2.42. The van der Waals surface area contributed by atoms with Gasteiger partial charge in [0.1, 0.15) is 11.4 Å². The fourth-order valence-corrected chi connectivity index (χ4v) is 3.45. The predicted octanol–water partition coefficient (Wildman–Crippen LogP) is 4.22. The molecule has 118 valence electrons. The van der Waals surface area contributed by atoms with Crippen molar-refractivity contribution < 1.29 is 4.74 Å². The number of hydrogen-bond acceptors (Lipinski definition) is 4. The standard InChI is InChI=1S/C16H26BrN3O/c1-5-11-12(17)13(18)20-14(19-11)16(21-6-2)9-7-15(3,4)8-10-16/h5-10H2,1-4H3,(H2,18,19,20). The average molecular weight is 356 g/mol. The summed E-state index contributed by atoms with van der Waals surface area (Å²) in [6.45, 7) is 9.41. The van der Waals surface area contributed by atoms with Gasteiger partial charge in [-0.2, -0.15) is 0 Å². The smallest absolute Gasteiger partial charge is 0.162 e. The van der Waals surface area contributed by atoms with Crippen LogP contribution in [0.15, 0.2) is 4.47 Å². The van der Waals surface area contributed by atoms with Crippen molar-refractivity contribution in [2.75, 3.05) is 12.3 Å². The number of aromatic nitrogens is 2. The van der Waals surface area contributed by atoms with Crippen molar-refractivity contribution in [2.45, 2.75) is 65.4 Å². The first-order valence-electron chi connectivity index (χ1n) is 7.80. The van der Waals surface area contributed by atoms with Crippen LogP contribution in [-0.2, 0) is 16.8 Å². The van der Waals surface area contributed by atoms with Gasteiger partial charge in [-0.15, -0.1) is 0 Å². The molecule has 1 aromatic heterocycles. The molecule has 2 rings (SSSR count). The van der Waals surface area contributed by atoms with Gasteiger partial charge >= 0.3 is 0 Å². The summed E-state index contributed by atoms with van der Waals surface area (Å²) in [5, 5.41) is 0. The maximum Gasteiger partial charge on any atom is 0.162 e. The van der Waals surface area contributed by atoms with Gasteiger partial charge in [0, 0.05) is 6.61 Å². The van der Waals surface area contributed by atoms with E-state index in [1.807, 2.05) is 6.92 Å². The lowest BCUT2D eigenvalue weighted by molar-refractivity contribution is -0.0948. The van der Waals surface area contributed by atoms with Crippen molar-refractivity contribution in [2.24, 2.45) is 5.41 Å².